The standard InChI is InChI=1S/C15H17NO2S/c1-9-8-10(6-7-13(9)18-2)15-16-11-4-3-5-12(17)14(11)19-15/h6-8,12,17H,3-5H2,1-2H3. The molecule has 1 unspecified atom stereocenters. The molecule has 0 amide bonds. The summed E-state index contributed by atoms with van der Waals surface area (Å²) in [5.74, 6) is 0.894. The van der Waals surface area contributed by atoms with Crippen molar-refractivity contribution in [1.29, 1.82) is 0 Å². The van der Waals surface area contributed by atoms with Crippen molar-refractivity contribution in [1.82, 2.24) is 4.98 Å². The largest absolute Gasteiger partial charge is 0.496 e. The summed E-state index contributed by atoms with van der Waals surface area (Å²) in [6, 6.07) is 6.10. The van der Waals surface area contributed by atoms with Gasteiger partial charge in [-0.15, -0.1) is 11.3 Å². The molecule has 1 aliphatic rings. The van der Waals surface area contributed by atoms with Crippen molar-refractivity contribution in [3.8, 4) is 16.3 Å². The summed E-state index contributed by atoms with van der Waals surface area (Å²) in [6.07, 6.45) is 2.54. The summed E-state index contributed by atoms with van der Waals surface area (Å²) in [7, 11) is 1.68. The Morgan fingerprint density at radius 3 is 2.95 bits per heavy atom. The lowest BCUT2D eigenvalue weighted by molar-refractivity contribution is 0.160. The summed E-state index contributed by atoms with van der Waals surface area (Å²) < 4.78 is 5.28. The van der Waals surface area contributed by atoms with Crippen molar-refractivity contribution < 1.29 is 9.84 Å². The van der Waals surface area contributed by atoms with E-state index in [-0.39, 0.29) is 6.10 Å². The van der Waals surface area contributed by atoms with Gasteiger partial charge in [0.2, 0.25) is 0 Å². The molecule has 0 saturated heterocycles. The average molecular weight is 275 g/mol. The van der Waals surface area contributed by atoms with Crippen molar-refractivity contribution in [2.24, 2.45) is 0 Å². The Morgan fingerprint density at radius 2 is 2.26 bits per heavy atom. The summed E-state index contributed by atoms with van der Waals surface area (Å²) in [4.78, 5) is 5.74. The van der Waals surface area contributed by atoms with Gasteiger partial charge in [0, 0.05) is 5.56 Å². The number of aliphatic hydroxyl groups excluding tert-OH is 1. The van der Waals surface area contributed by atoms with Crippen molar-refractivity contribution in [2.75, 3.05) is 7.11 Å². The molecule has 1 aliphatic carbocycles. The summed E-state index contributed by atoms with van der Waals surface area (Å²) >= 11 is 1.62. The van der Waals surface area contributed by atoms with E-state index in [9.17, 15) is 5.11 Å². The predicted octanol–water partition coefficient (Wildman–Crippen LogP) is 3.50. The number of aromatic nitrogens is 1. The highest BCUT2D eigenvalue weighted by Crippen LogP contribution is 2.38. The molecule has 0 fully saturated rings. The monoisotopic (exact) mass is 275 g/mol. The maximum absolute atomic E-state index is 10.0. The molecule has 0 radical (unpaired) electrons. The van der Waals surface area contributed by atoms with Crippen LogP contribution in [0.5, 0.6) is 5.75 Å². The molecule has 19 heavy (non-hydrogen) atoms. The number of hydrogen-bond acceptors (Lipinski definition) is 4. The van der Waals surface area contributed by atoms with Crippen molar-refractivity contribution in [3.63, 3.8) is 0 Å². The van der Waals surface area contributed by atoms with Crippen LogP contribution in [0.3, 0.4) is 0 Å². The van der Waals surface area contributed by atoms with Crippen LogP contribution in [-0.2, 0) is 6.42 Å². The Bertz CT molecular complexity index is 606. The molecule has 1 aromatic carbocycles. The third-order valence-corrected chi connectivity index (χ3v) is 4.81. The number of thiazole rings is 1. The minimum absolute atomic E-state index is 0.325. The third-order valence-electron chi connectivity index (χ3n) is 3.56. The van der Waals surface area contributed by atoms with Crippen LogP contribution in [0.25, 0.3) is 10.6 Å². The molecule has 3 nitrogen and oxygen atoms in total. The molecule has 4 heteroatoms. The smallest absolute Gasteiger partial charge is 0.123 e. The Morgan fingerprint density at radius 1 is 1.42 bits per heavy atom. The van der Waals surface area contributed by atoms with E-state index in [1.54, 1.807) is 18.4 Å². The fraction of sp³-hybridized carbons (Fsp3) is 0.400. The average Bonchev–Trinajstić information content (AvgIpc) is 2.84. The molecular formula is C15H17NO2S. The second kappa shape index (κ2) is 4.94. The lowest BCUT2D eigenvalue weighted by atomic mass is 10.0. The van der Waals surface area contributed by atoms with Crippen LogP contribution in [-0.4, -0.2) is 17.2 Å². The zero-order chi connectivity index (χ0) is 13.4. The van der Waals surface area contributed by atoms with E-state index in [0.717, 1.165) is 51.7 Å². The van der Waals surface area contributed by atoms with Crippen LogP contribution in [0, 0.1) is 6.92 Å². The van der Waals surface area contributed by atoms with Gasteiger partial charge in [-0.2, -0.15) is 0 Å². The molecule has 0 aliphatic heterocycles. The predicted molar refractivity (Wildman–Crippen MR) is 76.7 cm³/mol. The van der Waals surface area contributed by atoms with E-state index in [1.807, 2.05) is 19.1 Å². The van der Waals surface area contributed by atoms with Gasteiger partial charge in [-0.25, -0.2) is 4.98 Å². The zero-order valence-electron chi connectivity index (χ0n) is 11.1. The highest BCUT2D eigenvalue weighted by molar-refractivity contribution is 7.15. The maximum Gasteiger partial charge on any atom is 0.123 e. The van der Waals surface area contributed by atoms with Gasteiger partial charge in [-0.05, 0) is 49.9 Å². The van der Waals surface area contributed by atoms with Gasteiger partial charge in [-0.1, -0.05) is 0 Å². The van der Waals surface area contributed by atoms with Crippen molar-refractivity contribution in [2.45, 2.75) is 32.3 Å². The summed E-state index contributed by atoms with van der Waals surface area (Å²) in [5, 5.41) is 11.0. The Labute approximate surface area is 116 Å². The number of benzene rings is 1. The van der Waals surface area contributed by atoms with Gasteiger partial charge in [0.25, 0.3) is 0 Å². The fourth-order valence-electron chi connectivity index (χ4n) is 2.53. The molecule has 0 spiro atoms. The Kier molecular flexibility index (Phi) is 3.29. The molecule has 1 N–H and O–H groups in total. The first kappa shape index (κ1) is 12.6. The lowest BCUT2D eigenvalue weighted by Crippen LogP contribution is -2.06. The van der Waals surface area contributed by atoms with Gasteiger partial charge < -0.3 is 9.84 Å². The number of ether oxygens (including phenoxy) is 1. The first-order chi connectivity index (χ1) is 9.19. The van der Waals surface area contributed by atoms with Gasteiger partial charge in [-0.3, -0.25) is 0 Å². The van der Waals surface area contributed by atoms with Crippen LogP contribution in [0.15, 0.2) is 18.2 Å². The molecule has 2 aromatic rings. The number of hydrogen-bond donors (Lipinski definition) is 1. The Balaban J connectivity index is 2.01. The van der Waals surface area contributed by atoms with Crippen LogP contribution < -0.4 is 4.74 Å². The second-order valence-corrected chi connectivity index (χ2v) is 5.95. The van der Waals surface area contributed by atoms with Gasteiger partial charge in [0.05, 0.1) is 23.8 Å². The second-order valence-electron chi connectivity index (χ2n) is 4.92. The zero-order valence-corrected chi connectivity index (χ0v) is 12.0. The molecular weight excluding hydrogens is 258 g/mol. The molecule has 1 aromatic heterocycles. The topological polar surface area (TPSA) is 42.4 Å². The first-order valence-electron chi connectivity index (χ1n) is 6.51. The number of aryl methyl sites for hydroxylation is 2. The molecule has 0 bridgehead atoms. The normalized spacial score (nSPS) is 18.2. The maximum atomic E-state index is 10.0. The summed E-state index contributed by atoms with van der Waals surface area (Å²) in [5.41, 5.74) is 3.28. The first-order valence-corrected chi connectivity index (χ1v) is 7.33. The molecule has 1 atom stereocenters. The van der Waals surface area contributed by atoms with E-state index in [4.69, 9.17) is 4.74 Å². The van der Waals surface area contributed by atoms with E-state index >= 15 is 0 Å². The highest BCUT2D eigenvalue weighted by Gasteiger charge is 2.23. The minimum atomic E-state index is -0.325. The number of aliphatic hydroxyl groups is 1. The molecule has 3 rings (SSSR count). The van der Waals surface area contributed by atoms with E-state index in [0.29, 0.717) is 0 Å². The van der Waals surface area contributed by atoms with Gasteiger partial charge >= 0.3 is 0 Å². The van der Waals surface area contributed by atoms with Crippen molar-refractivity contribution in [3.05, 3.63) is 34.3 Å². The van der Waals surface area contributed by atoms with Crippen LogP contribution in [0.4, 0.5) is 0 Å². The number of methoxy groups -OCH3 is 1. The van der Waals surface area contributed by atoms with Gasteiger partial charge in [0.15, 0.2) is 0 Å². The third kappa shape index (κ3) is 2.26. The fourth-order valence-corrected chi connectivity index (χ4v) is 3.66. The summed E-state index contributed by atoms with van der Waals surface area (Å²) in [6.45, 7) is 2.03. The van der Waals surface area contributed by atoms with Crippen molar-refractivity contribution >= 4 is 11.3 Å². The van der Waals surface area contributed by atoms with E-state index < -0.39 is 0 Å². The number of rotatable bonds is 2. The van der Waals surface area contributed by atoms with Crippen LogP contribution in [0.1, 0.15) is 35.1 Å². The lowest BCUT2D eigenvalue weighted by Gasteiger charge is -2.14. The molecule has 0 saturated carbocycles. The quantitative estimate of drug-likeness (QED) is 0.912. The highest BCUT2D eigenvalue weighted by atomic mass is 32.1. The Hall–Kier alpha value is -1.39. The molecule has 1 heterocycles. The van der Waals surface area contributed by atoms with Gasteiger partial charge in [0.1, 0.15) is 10.8 Å². The minimum Gasteiger partial charge on any atom is -0.496 e. The van der Waals surface area contributed by atoms with Crippen LogP contribution in [0.2, 0.25) is 0 Å². The number of fused-ring (bicyclic) bond motifs is 1. The number of nitrogens with zero attached hydrogens (tertiary/aromatic N) is 1. The van der Waals surface area contributed by atoms with E-state index in [2.05, 4.69) is 11.1 Å². The van der Waals surface area contributed by atoms with Crippen LogP contribution >= 0.6 is 11.3 Å². The SMILES string of the molecule is COc1ccc(-c2nc3c(s2)C(O)CCC3)cc1C. The molecule has 100 valence electrons. The van der Waals surface area contributed by atoms with E-state index in [1.165, 1.54) is 0 Å².